The van der Waals surface area contributed by atoms with Gasteiger partial charge < -0.3 is 20.5 Å². The smallest absolute Gasteiger partial charge is 0.320 e. The molecule has 9 atom stereocenters. The van der Waals surface area contributed by atoms with Gasteiger partial charge in [-0.25, -0.2) is 0 Å². The minimum Gasteiger partial charge on any atom is -0.481 e. The van der Waals surface area contributed by atoms with Gasteiger partial charge in [-0.15, -0.1) is 0 Å². The van der Waals surface area contributed by atoms with Gasteiger partial charge in [-0.2, -0.15) is 0 Å². The van der Waals surface area contributed by atoms with Crippen molar-refractivity contribution in [1.82, 2.24) is 10.6 Å². The standard InChI is InChI=1S/C27H50N2O4/c1-11-24(7)15-19(17(5)26(9,13-3)28-24)21(22(30)31)23(32)33-20-16-25(8,12-2)29-27(10,14-4)18(20)6/h17-21,28-29H,11-16H2,1-10H3,(H,30,31). The Morgan fingerprint density at radius 2 is 1.30 bits per heavy atom. The molecule has 0 aromatic rings. The van der Waals surface area contributed by atoms with E-state index in [1.807, 2.05) is 0 Å². The Morgan fingerprint density at radius 3 is 1.73 bits per heavy atom. The highest BCUT2D eigenvalue weighted by Gasteiger charge is 2.54. The van der Waals surface area contributed by atoms with Gasteiger partial charge in [0.25, 0.3) is 0 Å². The monoisotopic (exact) mass is 466 g/mol. The number of hydrogen-bond acceptors (Lipinski definition) is 5. The van der Waals surface area contributed by atoms with Crippen LogP contribution in [0, 0.1) is 23.7 Å². The summed E-state index contributed by atoms with van der Waals surface area (Å²) < 4.78 is 6.15. The van der Waals surface area contributed by atoms with Crippen molar-refractivity contribution in [3.63, 3.8) is 0 Å². The van der Waals surface area contributed by atoms with E-state index in [2.05, 4.69) is 79.9 Å². The summed E-state index contributed by atoms with van der Waals surface area (Å²) in [7, 11) is 0. The topological polar surface area (TPSA) is 87.7 Å². The molecule has 0 aromatic carbocycles. The van der Waals surface area contributed by atoms with Crippen molar-refractivity contribution in [2.45, 2.75) is 136 Å². The van der Waals surface area contributed by atoms with Crippen LogP contribution in [-0.4, -0.2) is 45.3 Å². The summed E-state index contributed by atoms with van der Waals surface area (Å²) >= 11 is 0. The van der Waals surface area contributed by atoms with Crippen LogP contribution >= 0.6 is 0 Å². The first-order valence-corrected chi connectivity index (χ1v) is 13.1. The normalized spacial score (nSPS) is 44.8. The van der Waals surface area contributed by atoms with Gasteiger partial charge in [-0.1, -0.05) is 41.5 Å². The van der Waals surface area contributed by atoms with Crippen LogP contribution < -0.4 is 10.6 Å². The van der Waals surface area contributed by atoms with Crippen molar-refractivity contribution in [3.8, 4) is 0 Å². The van der Waals surface area contributed by atoms with Crippen LogP contribution in [0.25, 0.3) is 0 Å². The number of nitrogens with one attached hydrogen (secondary N) is 2. The number of hydrogen-bond donors (Lipinski definition) is 3. The minimum absolute atomic E-state index is 0.0306. The molecule has 2 saturated heterocycles. The summed E-state index contributed by atoms with van der Waals surface area (Å²) in [6.07, 6.45) is 4.62. The highest BCUT2D eigenvalue weighted by molar-refractivity contribution is 5.94. The molecule has 2 heterocycles. The summed E-state index contributed by atoms with van der Waals surface area (Å²) in [6, 6.07) is 0. The largest absolute Gasteiger partial charge is 0.481 e. The van der Waals surface area contributed by atoms with Crippen LogP contribution in [0.4, 0.5) is 0 Å². The second kappa shape index (κ2) is 9.85. The molecule has 6 heteroatoms. The van der Waals surface area contributed by atoms with Crippen molar-refractivity contribution < 1.29 is 19.4 Å². The Labute approximate surface area is 202 Å². The fourth-order valence-electron chi connectivity index (χ4n) is 6.43. The Kier molecular flexibility index (Phi) is 8.39. The van der Waals surface area contributed by atoms with E-state index >= 15 is 0 Å². The van der Waals surface area contributed by atoms with Gasteiger partial charge >= 0.3 is 11.9 Å². The summed E-state index contributed by atoms with van der Waals surface area (Å²) in [5, 5.41) is 17.9. The molecule has 2 fully saturated rings. The number of ether oxygens (including phenoxy) is 1. The number of carboxylic acids is 1. The van der Waals surface area contributed by atoms with E-state index in [9.17, 15) is 14.7 Å². The molecule has 0 bridgehead atoms. The van der Waals surface area contributed by atoms with E-state index in [1.165, 1.54) is 0 Å². The van der Waals surface area contributed by atoms with Crippen molar-refractivity contribution in [1.29, 1.82) is 0 Å². The second-order valence-corrected chi connectivity index (χ2v) is 12.1. The molecule has 192 valence electrons. The average molecular weight is 467 g/mol. The first-order valence-electron chi connectivity index (χ1n) is 13.1. The molecular weight excluding hydrogens is 416 g/mol. The first kappa shape index (κ1) is 28.1. The van der Waals surface area contributed by atoms with Crippen molar-refractivity contribution >= 4 is 11.9 Å². The fraction of sp³-hybridized carbons (Fsp3) is 0.926. The molecule has 6 nitrogen and oxygen atoms in total. The first-order chi connectivity index (χ1) is 15.1. The molecule has 2 rings (SSSR count). The molecule has 0 aliphatic carbocycles. The number of aliphatic carboxylic acids is 1. The predicted octanol–water partition coefficient (Wildman–Crippen LogP) is 5.15. The zero-order chi connectivity index (χ0) is 25.4. The molecule has 0 aromatic heterocycles. The maximum atomic E-state index is 13.6. The zero-order valence-electron chi connectivity index (χ0n) is 22.8. The quantitative estimate of drug-likeness (QED) is 0.339. The Morgan fingerprint density at radius 1 is 0.848 bits per heavy atom. The van der Waals surface area contributed by atoms with E-state index in [0.717, 1.165) is 25.7 Å². The Bertz CT molecular complexity index is 729. The molecule has 9 unspecified atom stereocenters. The van der Waals surface area contributed by atoms with E-state index < -0.39 is 17.9 Å². The fourth-order valence-corrected chi connectivity index (χ4v) is 6.43. The van der Waals surface area contributed by atoms with Crippen molar-refractivity contribution in [3.05, 3.63) is 0 Å². The SMILES string of the molecule is CCC1(C)CC(OC(=O)C(C(=O)O)C2CC(C)(CC)NC(C)(CC)C2C)C(C)C(C)(CC)N1. The molecule has 3 N–H and O–H groups in total. The lowest BCUT2D eigenvalue weighted by atomic mass is 9.62. The number of carboxylic acid groups (broad SMARTS) is 1. The predicted molar refractivity (Wildman–Crippen MR) is 133 cm³/mol. The number of esters is 1. The molecule has 0 saturated carbocycles. The molecular formula is C27H50N2O4. The number of carbonyl (C=O) groups excluding carboxylic acids is 1. The van der Waals surface area contributed by atoms with Crippen LogP contribution in [0.5, 0.6) is 0 Å². The Hall–Kier alpha value is -1.14. The lowest BCUT2D eigenvalue weighted by Crippen LogP contribution is -2.67. The van der Waals surface area contributed by atoms with Gasteiger partial charge in [0.2, 0.25) is 0 Å². The lowest BCUT2D eigenvalue weighted by molar-refractivity contribution is -0.175. The third-order valence-electron chi connectivity index (χ3n) is 9.97. The van der Waals surface area contributed by atoms with Crippen LogP contribution in [0.15, 0.2) is 0 Å². The molecule has 0 spiro atoms. The van der Waals surface area contributed by atoms with Gasteiger partial charge in [-0.05, 0) is 71.6 Å². The number of piperidine rings is 2. The van der Waals surface area contributed by atoms with E-state index in [1.54, 1.807) is 0 Å². The molecule has 2 aliphatic rings. The van der Waals surface area contributed by atoms with Crippen LogP contribution in [0.3, 0.4) is 0 Å². The van der Waals surface area contributed by atoms with Crippen LogP contribution in [-0.2, 0) is 14.3 Å². The third-order valence-corrected chi connectivity index (χ3v) is 9.97. The number of rotatable bonds is 8. The molecule has 0 amide bonds. The molecule has 33 heavy (non-hydrogen) atoms. The average Bonchev–Trinajstić information content (AvgIpc) is 2.75. The van der Waals surface area contributed by atoms with Gasteiger partial charge in [0.05, 0.1) is 0 Å². The highest BCUT2D eigenvalue weighted by Crippen LogP contribution is 2.45. The van der Waals surface area contributed by atoms with E-state index in [4.69, 9.17) is 4.74 Å². The van der Waals surface area contributed by atoms with Crippen LogP contribution in [0.2, 0.25) is 0 Å². The second-order valence-electron chi connectivity index (χ2n) is 12.1. The maximum Gasteiger partial charge on any atom is 0.320 e. The maximum absolute atomic E-state index is 13.6. The van der Waals surface area contributed by atoms with Gasteiger partial charge in [0.15, 0.2) is 5.92 Å². The molecule has 2 aliphatic heterocycles. The summed E-state index contributed by atoms with van der Waals surface area (Å²) in [4.78, 5) is 26.1. The third kappa shape index (κ3) is 5.42. The van der Waals surface area contributed by atoms with Crippen molar-refractivity contribution in [2.75, 3.05) is 0 Å². The van der Waals surface area contributed by atoms with Crippen molar-refractivity contribution in [2.24, 2.45) is 23.7 Å². The summed E-state index contributed by atoms with van der Waals surface area (Å²) in [6.45, 7) is 21.4. The van der Waals surface area contributed by atoms with E-state index in [-0.39, 0.29) is 46.0 Å². The Balaban J connectivity index is 2.37. The molecule has 0 radical (unpaired) electrons. The summed E-state index contributed by atoms with van der Waals surface area (Å²) in [5.74, 6) is -2.93. The minimum atomic E-state index is -1.15. The van der Waals surface area contributed by atoms with Gasteiger partial charge in [0, 0.05) is 34.5 Å². The lowest BCUT2D eigenvalue weighted by Gasteiger charge is -2.55. The number of carbonyl (C=O) groups is 2. The van der Waals surface area contributed by atoms with Crippen LogP contribution in [0.1, 0.15) is 108 Å². The zero-order valence-corrected chi connectivity index (χ0v) is 22.8. The van der Waals surface area contributed by atoms with E-state index in [0.29, 0.717) is 12.8 Å². The summed E-state index contributed by atoms with van der Waals surface area (Å²) in [5.41, 5.74) is -0.758. The van der Waals surface area contributed by atoms with Gasteiger partial charge in [-0.3, -0.25) is 9.59 Å². The highest BCUT2D eigenvalue weighted by atomic mass is 16.5. The van der Waals surface area contributed by atoms with Gasteiger partial charge in [0.1, 0.15) is 6.10 Å².